The smallest absolute Gasteiger partial charge is 0.290 e. The molecule has 2 saturated heterocycles. The summed E-state index contributed by atoms with van der Waals surface area (Å²) >= 11 is 0. The van der Waals surface area contributed by atoms with E-state index in [9.17, 15) is 9.59 Å². The Bertz CT molecular complexity index is 734. The Labute approximate surface area is 189 Å². The Morgan fingerprint density at radius 2 is 1.72 bits per heavy atom. The number of hydrogen-bond acceptors (Lipinski definition) is 5. The number of hydrogen-bond donors (Lipinski definition) is 2. The van der Waals surface area contributed by atoms with Crippen molar-refractivity contribution in [2.45, 2.75) is 50.6 Å². The van der Waals surface area contributed by atoms with Crippen molar-refractivity contribution in [3.8, 4) is 0 Å². The van der Waals surface area contributed by atoms with Crippen molar-refractivity contribution in [3.63, 3.8) is 0 Å². The second-order valence-electron chi connectivity index (χ2n) is 8.79. The van der Waals surface area contributed by atoms with E-state index in [1.165, 1.54) is 12.8 Å². The fraction of sp³-hybridized carbons (Fsp3) is 0.625. The van der Waals surface area contributed by atoms with Crippen LogP contribution in [0.1, 0.15) is 37.7 Å². The highest BCUT2D eigenvalue weighted by Gasteiger charge is 2.38. The van der Waals surface area contributed by atoms with E-state index >= 15 is 0 Å². The van der Waals surface area contributed by atoms with Gasteiger partial charge in [0.2, 0.25) is 11.8 Å². The molecule has 3 fully saturated rings. The number of carbonyl (C=O) groups is 3. The lowest BCUT2D eigenvalue weighted by Crippen LogP contribution is -2.47. The number of likely N-dealkylation sites (tertiary alicyclic amines) is 1. The van der Waals surface area contributed by atoms with Gasteiger partial charge < -0.3 is 20.1 Å². The molecule has 0 bridgehead atoms. The average molecular weight is 446 g/mol. The van der Waals surface area contributed by atoms with E-state index in [0.717, 1.165) is 30.9 Å². The number of benzene rings is 1. The van der Waals surface area contributed by atoms with E-state index in [0.29, 0.717) is 57.8 Å². The minimum Gasteiger partial charge on any atom is -0.483 e. The topological polar surface area (TPSA) is 99.2 Å². The van der Waals surface area contributed by atoms with Gasteiger partial charge in [-0.2, -0.15) is 0 Å². The third-order valence-corrected chi connectivity index (χ3v) is 6.45. The standard InChI is InChI=1S/C23H33N3O3.CH2O2/c27-22(14-18-4-2-1-3-5-18)24-16-21-9-8-20(26(21)17-19-6-7-19)15-23(28)25-10-12-29-13-11-25;2-1-3/h1-5,19-21H,6-17H2,(H,24,27);1H,(H,2,3)/t20-,21+;/m1./s1. The zero-order chi connectivity index (χ0) is 22.8. The third kappa shape index (κ3) is 7.60. The molecule has 1 aliphatic carbocycles. The molecule has 3 aliphatic rings. The fourth-order valence-electron chi connectivity index (χ4n) is 4.57. The molecule has 2 N–H and O–H groups in total. The highest BCUT2D eigenvalue weighted by atomic mass is 16.5. The van der Waals surface area contributed by atoms with Crippen molar-refractivity contribution in [3.05, 3.63) is 35.9 Å². The Hall–Kier alpha value is -2.45. The van der Waals surface area contributed by atoms with E-state index in [2.05, 4.69) is 10.2 Å². The second-order valence-corrected chi connectivity index (χ2v) is 8.79. The first-order valence-corrected chi connectivity index (χ1v) is 11.6. The van der Waals surface area contributed by atoms with Gasteiger partial charge in [0.05, 0.1) is 19.6 Å². The minimum atomic E-state index is -0.250. The minimum absolute atomic E-state index is 0.0791. The number of nitrogens with zero attached hydrogens (tertiary/aromatic N) is 2. The van der Waals surface area contributed by atoms with Crippen molar-refractivity contribution < 1.29 is 24.2 Å². The van der Waals surface area contributed by atoms with Gasteiger partial charge in [-0.1, -0.05) is 30.3 Å². The van der Waals surface area contributed by atoms with Crippen molar-refractivity contribution in [1.29, 1.82) is 0 Å². The normalized spacial score (nSPS) is 23.2. The summed E-state index contributed by atoms with van der Waals surface area (Å²) in [6, 6.07) is 10.5. The van der Waals surface area contributed by atoms with Gasteiger partial charge in [-0.15, -0.1) is 0 Å². The Balaban J connectivity index is 0.000000913. The molecule has 0 aromatic heterocycles. The number of carbonyl (C=O) groups excluding carboxylic acids is 2. The van der Waals surface area contributed by atoms with Gasteiger partial charge in [0.25, 0.3) is 6.47 Å². The maximum absolute atomic E-state index is 12.8. The van der Waals surface area contributed by atoms with Crippen molar-refractivity contribution >= 4 is 18.3 Å². The first kappa shape index (κ1) is 24.2. The number of carboxylic acid groups (broad SMARTS) is 1. The molecule has 8 heteroatoms. The molecule has 2 heterocycles. The molecular weight excluding hydrogens is 410 g/mol. The summed E-state index contributed by atoms with van der Waals surface area (Å²) in [7, 11) is 0. The van der Waals surface area contributed by atoms with Crippen LogP contribution in [0.2, 0.25) is 0 Å². The SMILES string of the molecule is O=C(Cc1ccccc1)NC[C@@H]1CC[C@H](CC(=O)N2CCOCC2)N1CC1CC1.O=CO. The van der Waals surface area contributed by atoms with Gasteiger partial charge >= 0.3 is 0 Å². The summed E-state index contributed by atoms with van der Waals surface area (Å²) in [5, 5.41) is 10.0. The number of rotatable bonds is 8. The highest BCUT2D eigenvalue weighted by Crippen LogP contribution is 2.35. The average Bonchev–Trinajstić information content (AvgIpc) is 3.55. The van der Waals surface area contributed by atoms with Crippen LogP contribution in [-0.4, -0.2) is 84.7 Å². The van der Waals surface area contributed by atoms with Crippen LogP contribution in [-0.2, 0) is 25.5 Å². The zero-order valence-corrected chi connectivity index (χ0v) is 18.7. The monoisotopic (exact) mass is 445 g/mol. The quantitative estimate of drug-likeness (QED) is 0.589. The summed E-state index contributed by atoms with van der Waals surface area (Å²) < 4.78 is 5.37. The van der Waals surface area contributed by atoms with E-state index in [1.807, 2.05) is 35.2 Å². The summed E-state index contributed by atoms with van der Waals surface area (Å²) in [6.07, 6.45) is 5.72. The molecule has 2 amide bonds. The van der Waals surface area contributed by atoms with Gasteiger partial charge in [0.1, 0.15) is 0 Å². The fourth-order valence-corrected chi connectivity index (χ4v) is 4.57. The Morgan fingerprint density at radius 3 is 2.38 bits per heavy atom. The molecule has 2 aliphatic heterocycles. The molecule has 0 unspecified atom stereocenters. The number of ether oxygens (including phenoxy) is 1. The Morgan fingerprint density at radius 1 is 1.06 bits per heavy atom. The maximum Gasteiger partial charge on any atom is 0.290 e. The lowest BCUT2D eigenvalue weighted by molar-refractivity contribution is -0.136. The largest absolute Gasteiger partial charge is 0.483 e. The predicted molar refractivity (Wildman–Crippen MR) is 120 cm³/mol. The maximum atomic E-state index is 12.8. The van der Waals surface area contributed by atoms with Gasteiger partial charge in [-0.25, -0.2) is 0 Å². The number of nitrogens with one attached hydrogen (secondary N) is 1. The highest BCUT2D eigenvalue weighted by molar-refractivity contribution is 5.78. The van der Waals surface area contributed by atoms with Gasteiger partial charge in [-0.05, 0) is 37.2 Å². The van der Waals surface area contributed by atoms with Crippen LogP contribution >= 0.6 is 0 Å². The van der Waals surface area contributed by atoms with Crippen LogP contribution < -0.4 is 5.32 Å². The van der Waals surface area contributed by atoms with Gasteiger partial charge in [-0.3, -0.25) is 19.3 Å². The molecule has 0 spiro atoms. The summed E-state index contributed by atoms with van der Waals surface area (Å²) in [4.78, 5) is 38.0. The molecule has 1 aromatic carbocycles. The second kappa shape index (κ2) is 12.6. The van der Waals surface area contributed by atoms with E-state index in [1.54, 1.807) is 0 Å². The number of morpholine rings is 1. The van der Waals surface area contributed by atoms with E-state index < -0.39 is 0 Å². The summed E-state index contributed by atoms with van der Waals surface area (Å²) in [5.74, 6) is 1.11. The van der Waals surface area contributed by atoms with Gasteiger partial charge in [0, 0.05) is 44.7 Å². The van der Waals surface area contributed by atoms with E-state index in [-0.39, 0.29) is 18.3 Å². The molecular formula is C24H35N3O5. The van der Waals surface area contributed by atoms with E-state index in [4.69, 9.17) is 14.6 Å². The zero-order valence-electron chi connectivity index (χ0n) is 18.7. The molecule has 2 atom stereocenters. The molecule has 1 aromatic rings. The third-order valence-electron chi connectivity index (χ3n) is 6.45. The molecule has 176 valence electrons. The van der Waals surface area contributed by atoms with Crippen molar-refractivity contribution in [1.82, 2.24) is 15.1 Å². The first-order valence-electron chi connectivity index (χ1n) is 11.6. The van der Waals surface area contributed by atoms with Gasteiger partial charge in [0.15, 0.2) is 0 Å². The lowest BCUT2D eigenvalue weighted by atomic mass is 10.1. The molecule has 8 nitrogen and oxygen atoms in total. The summed E-state index contributed by atoms with van der Waals surface area (Å²) in [6.45, 7) is 4.23. The molecule has 0 radical (unpaired) electrons. The van der Waals surface area contributed by atoms with Crippen LogP contribution in [0, 0.1) is 5.92 Å². The predicted octanol–water partition coefficient (Wildman–Crippen LogP) is 1.54. The first-order chi connectivity index (χ1) is 15.6. The molecule has 1 saturated carbocycles. The molecule has 4 rings (SSSR count). The summed E-state index contributed by atoms with van der Waals surface area (Å²) in [5.41, 5.74) is 1.04. The molecule has 32 heavy (non-hydrogen) atoms. The van der Waals surface area contributed by atoms with Crippen LogP contribution in [0.3, 0.4) is 0 Å². The van der Waals surface area contributed by atoms with Crippen molar-refractivity contribution in [2.75, 3.05) is 39.4 Å². The Kier molecular flexibility index (Phi) is 9.49. The van der Waals surface area contributed by atoms with Crippen molar-refractivity contribution in [2.24, 2.45) is 5.92 Å². The lowest BCUT2D eigenvalue weighted by Gasteiger charge is -2.33. The van der Waals surface area contributed by atoms with Crippen LogP contribution in [0.5, 0.6) is 0 Å². The van der Waals surface area contributed by atoms with Crippen LogP contribution in [0.15, 0.2) is 30.3 Å². The van der Waals surface area contributed by atoms with Crippen LogP contribution in [0.4, 0.5) is 0 Å². The van der Waals surface area contributed by atoms with Crippen LogP contribution in [0.25, 0.3) is 0 Å². The number of amides is 2.